The van der Waals surface area contributed by atoms with Gasteiger partial charge in [0.25, 0.3) is 0 Å². The van der Waals surface area contributed by atoms with Crippen LogP contribution in [0.4, 0.5) is 0 Å². The van der Waals surface area contributed by atoms with E-state index in [-0.39, 0.29) is 0 Å². The molecule has 0 unspecified atom stereocenters. The summed E-state index contributed by atoms with van der Waals surface area (Å²) >= 11 is 0. The van der Waals surface area contributed by atoms with Crippen LogP contribution in [0.2, 0.25) is 0 Å². The van der Waals surface area contributed by atoms with Gasteiger partial charge in [0, 0.05) is 0 Å². The molecule has 0 atom stereocenters. The number of allylic oxidation sites excluding steroid dienone is 2. The molecule has 0 aromatic carbocycles. The van der Waals surface area contributed by atoms with E-state index in [1.807, 2.05) is 0 Å². The Morgan fingerprint density at radius 3 is 1.62 bits per heavy atom. The predicted octanol–water partition coefficient (Wildman–Crippen LogP) is 3.00. The van der Waals surface area contributed by atoms with Gasteiger partial charge in [-0.15, -0.1) is 0 Å². The zero-order chi connectivity index (χ0) is 6.78. The van der Waals surface area contributed by atoms with Crippen molar-refractivity contribution >= 4 is 0 Å². The van der Waals surface area contributed by atoms with Crippen LogP contribution in [0.15, 0.2) is 11.6 Å². The van der Waals surface area contributed by atoms with Gasteiger partial charge in [-0.25, -0.2) is 0 Å². The lowest BCUT2D eigenvalue weighted by atomic mass is 9.88. The molecule has 0 rings (SSSR count). The maximum atomic E-state index is 2.22. The number of rotatable bonds is 0. The first kappa shape index (κ1) is 7.74. The van der Waals surface area contributed by atoms with Crippen molar-refractivity contribution in [3.05, 3.63) is 11.6 Å². The molecule has 0 N–H and O–H groups in total. The van der Waals surface area contributed by atoms with E-state index in [1.165, 1.54) is 5.57 Å². The highest BCUT2D eigenvalue weighted by Gasteiger charge is 2.09. The monoisotopic (exact) mass is 112 g/mol. The molecule has 0 heterocycles. The van der Waals surface area contributed by atoms with Crippen molar-refractivity contribution in [1.29, 1.82) is 0 Å². The van der Waals surface area contributed by atoms with E-state index in [4.69, 9.17) is 0 Å². The van der Waals surface area contributed by atoms with Gasteiger partial charge in [-0.1, -0.05) is 32.4 Å². The van der Waals surface area contributed by atoms with Crippen LogP contribution >= 0.6 is 0 Å². The molecule has 0 aliphatic heterocycles. The smallest absolute Gasteiger partial charge is 0.0176 e. The van der Waals surface area contributed by atoms with Gasteiger partial charge in [0.15, 0.2) is 0 Å². The maximum absolute atomic E-state index is 2.22. The fourth-order valence-corrected chi connectivity index (χ4v) is 0.433. The summed E-state index contributed by atoms with van der Waals surface area (Å²) in [6, 6.07) is 0. The Kier molecular flexibility index (Phi) is 2.26. The lowest BCUT2D eigenvalue weighted by molar-refractivity contribution is 0.503. The van der Waals surface area contributed by atoms with Crippen molar-refractivity contribution in [2.24, 2.45) is 5.41 Å². The first-order valence-electron chi connectivity index (χ1n) is 3.12. The number of hydrogen-bond acceptors (Lipinski definition) is 0. The summed E-state index contributed by atoms with van der Waals surface area (Å²) in [4.78, 5) is 0. The van der Waals surface area contributed by atoms with Gasteiger partial charge in [0.2, 0.25) is 0 Å². The average Bonchev–Trinajstić information content (AvgIpc) is 1.62. The molecule has 0 saturated heterocycles. The second-order valence-electron chi connectivity index (χ2n) is 3.22. The van der Waals surface area contributed by atoms with E-state index in [0.29, 0.717) is 5.41 Å². The topological polar surface area (TPSA) is 0 Å². The van der Waals surface area contributed by atoms with Crippen LogP contribution in [0.1, 0.15) is 34.6 Å². The molecule has 0 amide bonds. The van der Waals surface area contributed by atoms with E-state index in [9.17, 15) is 0 Å². The standard InChI is InChI=1S/C8H16/c1-6-7(2)8(3,4)5/h6H,1-5H3/b7-6+. The normalized spacial score (nSPS) is 14.4. The predicted molar refractivity (Wildman–Crippen MR) is 38.9 cm³/mol. The van der Waals surface area contributed by atoms with Crippen LogP contribution < -0.4 is 0 Å². The van der Waals surface area contributed by atoms with E-state index in [2.05, 4.69) is 40.7 Å². The second kappa shape index (κ2) is 2.34. The third-order valence-electron chi connectivity index (χ3n) is 1.62. The molecule has 0 heteroatoms. The van der Waals surface area contributed by atoms with E-state index in [0.717, 1.165) is 0 Å². The van der Waals surface area contributed by atoms with Crippen molar-refractivity contribution in [2.75, 3.05) is 0 Å². The Labute approximate surface area is 52.6 Å². The Balaban J connectivity index is 4.03. The van der Waals surface area contributed by atoms with Crippen LogP contribution in [0.25, 0.3) is 0 Å². The van der Waals surface area contributed by atoms with E-state index in [1.54, 1.807) is 0 Å². The highest BCUT2D eigenvalue weighted by atomic mass is 14.1. The van der Waals surface area contributed by atoms with Crippen molar-refractivity contribution < 1.29 is 0 Å². The van der Waals surface area contributed by atoms with E-state index >= 15 is 0 Å². The zero-order valence-corrected chi connectivity index (χ0v) is 6.58. The van der Waals surface area contributed by atoms with Crippen molar-refractivity contribution in [1.82, 2.24) is 0 Å². The van der Waals surface area contributed by atoms with Gasteiger partial charge in [-0.2, -0.15) is 0 Å². The molecule has 0 bridgehead atoms. The Bertz CT molecular complexity index is 91.1. The minimum absolute atomic E-state index is 0.370. The summed E-state index contributed by atoms with van der Waals surface area (Å²) in [6.45, 7) is 10.9. The van der Waals surface area contributed by atoms with Crippen molar-refractivity contribution in [3.63, 3.8) is 0 Å². The van der Waals surface area contributed by atoms with Gasteiger partial charge in [-0.3, -0.25) is 0 Å². The SMILES string of the molecule is C/C=C(\C)C(C)(C)C. The lowest BCUT2D eigenvalue weighted by Crippen LogP contribution is -2.05. The molecular formula is C8H16. The van der Waals surface area contributed by atoms with Crippen LogP contribution in [-0.4, -0.2) is 0 Å². The van der Waals surface area contributed by atoms with Crippen LogP contribution in [-0.2, 0) is 0 Å². The molecule has 0 aliphatic rings. The summed E-state index contributed by atoms with van der Waals surface area (Å²) in [6.07, 6.45) is 2.17. The molecule has 48 valence electrons. The second-order valence-corrected chi connectivity index (χ2v) is 3.22. The minimum atomic E-state index is 0.370. The molecule has 0 aromatic heterocycles. The summed E-state index contributed by atoms with van der Waals surface area (Å²) < 4.78 is 0. The third-order valence-corrected chi connectivity index (χ3v) is 1.62. The van der Waals surface area contributed by atoms with Gasteiger partial charge in [-0.05, 0) is 19.3 Å². The van der Waals surface area contributed by atoms with Crippen molar-refractivity contribution in [2.45, 2.75) is 34.6 Å². The Morgan fingerprint density at radius 1 is 1.25 bits per heavy atom. The summed E-state index contributed by atoms with van der Waals surface area (Å²) in [5, 5.41) is 0. The fourth-order valence-electron chi connectivity index (χ4n) is 0.433. The fraction of sp³-hybridized carbons (Fsp3) is 0.750. The molecule has 0 fully saturated rings. The summed E-state index contributed by atoms with van der Waals surface area (Å²) in [7, 11) is 0. The van der Waals surface area contributed by atoms with Crippen LogP contribution in [0.5, 0.6) is 0 Å². The van der Waals surface area contributed by atoms with Crippen LogP contribution in [0.3, 0.4) is 0 Å². The zero-order valence-electron chi connectivity index (χ0n) is 6.58. The molecule has 0 radical (unpaired) electrons. The Hall–Kier alpha value is -0.260. The summed E-state index contributed by atoms with van der Waals surface area (Å²) in [5.74, 6) is 0. The van der Waals surface area contributed by atoms with Gasteiger partial charge < -0.3 is 0 Å². The molecule has 0 spiro atoms. The van der Waals surface area contributed by atoms with Gasteiger partial charge >= 0.3 is 0 Å². The lowest BCUT2D eigenvalue weighted by Gasteiger charge is -2.18. The molecule has 0 nitrogen and oxygen atoms in total. The van der Waals surface area contributed by atoms with E-state index < -0.39 is 0 Å². The molecule has 0 aliphatic carbocycles. The first-order chi connectivity index (χ1) is 3.48. The molecular weight excluding hydrogens is 96.1 g/mol. The van der Waals surface area contributed by atoms with Gasteiger partial charge in [0.1, 0.15) is 0 Å². The van der Waals surface area contributed by atoms with Gasteiger partial charge in [0.05, 0.1) is 0 Å². The number of hydrogen-bond donors (Lipinski definition) is 0. The third kappa shape index (κ3) is 2.15. The van der Waals surface area contributed by atoms with Crippen LogP contribution in [0, 0.1) is 5.41 Å². The quantitative estimate of drug-likeness (QED) is 0.422. The first-order valence-corrected chi connectivity index (χ1v) is 3.12. The summed E-state index contributed by atoms with van der Waals surface area (Å²) in [5.41, 5.74) is 1.83. The highest BCUT2D eigenvalue weighted by Crippen LogP contribution is 2.23. The highest BCUT2D eigenvalue weighted by molar-refractivity contribution is 5.05. The average molecular weight is 112 g/mol. The largest absolute Gasteiger partial charge is 0.0882 e. The molecule has 8 heavy (non-hydrogen) atoms. The van der Waals surface area contributed by atoms with Crippen molar-refractivity contribution in [3.8, 4) is 0 Å². The molecule has 0 saturated carbocycles. The Morgan fingerprint density at radius 2 is 1.62 bits per heavy atom. The maximum Gasteiger partial charge on any atom is -0.0176 e. The minimum Gasteiger partial charge on any atom is -0.0882 e. The molecule has 0 aromatic rings.